The fourth-order valence-electron chi connectivity index (χ4n) is 3.57. The number of fused-ring (bicyclic) bond motifs is 1. The van der Waals surface area contributed by atoms with Gasteiger partial charge in [0.05, 0.1) is 14.2 Å². The van der Waals surface area contributed by atoms with Gasteiger partial charge in [-0.3, -0.25) is 0 Å². The molecule has 0 unspecified atom stereocenters. The zero-order valence-electron chi connectivity index (χ0n) is 16.8. The zero-order chi connectivity index (χ0) is 20.4. The first-order chi connectivity index (χ1) is 14.1. The van der Waals surface area contributed by atoms with Crippen LogP contribution < -0.4 is 14.5 Å². The molecule has 0 spiro atoms. The second-order valence-corrected chi connectivity index (χ2v) is 6.90. The Hall–Kier alpha value is -3.42. The lowest BCUT2D eigenvalue weighted by Crippen LogP contribution is -2.47. The highest BCUT2D eigenvalue weighted by Crippen LogP contribution is 2.29. The number of ether oxygens (including phenoxy) is 2. The van der Waals surface area contributed by atoms with E-state index in [1.165, 1.54) is 12.7 Å². The third-order valence-corrected chi connectivity index (χ3v) is 5.19. The smallest absolute Gasteiger partial charge is 0.358 e. The molecule has 1 saturated heterocycles. The SMILES string of the molecule is COC(=O)c1ccc(N2CCN(c3cc(C)c4cccc(OC)c4n3)CC2)nn1. The third kappa shape index (κ3) is 3.65. The predicted molar refractivity (Wildman–Crippen MR) is 111 cm³/mol. The Labute approximate surface area is 169 Å². The van der Waals surface area contributed by atoms with Crippen LogP contribution in [0, 0.1) is 6.92 Å². The lowest BCUT2D eigenvalue weighted by Gasteiger charge is -2.36. The largest absolute Gasteiger partial charge is 0.494 e. The number of piperazine rings is 1. The lowest BCUT2D eigenvalue weighted by atomic mass is 10.1. The molecule has 3 aromatic rings. The standard InChI is InChI=1S/C21H23N5O3/c1-14-13-19(22-20-15(14)5-4-6-17(20)28-2)26-11-9-25(10-12-26)18-8-7-16(23-24-18)21(27)29-3/h4-8,13H,9-12H2,1-3H3. The monoisotopic (exact) mass is 393 g/mol. The van der Waals surface area contributed by atoms with Crippen molar-refractivity contribution in [2.24, 2.45) is 0 Å². The van der Waals surface area contributed by atoms with Crippen LogP contribution in [0.3, 0.4) is 0 Å². The van der Waals surface area contributed by atoms with Gasteiger partial charge in [-0.2, -0.15) is 0 Å². The van der Waals surface area contributed by atoms with Crippen LogP contribution in [0.4, 0.5) is 11.6 Å². The molecule has 0 bridgehead atoms. The van der Waals surface area contributed by atoms with Crippen molar-refractivity contribution in [1.82, 2.24) is 15.2 Å². The Balaban J connectivity index is 1.50. The quantitative estimate of drug-likeness (QED) is 0.626. The van der Waals surface area contributed by atoms with E-state index >= 15 is 0 Å². The number of methoxy groups -OCH3 is 2. The van der Waals surface area contributed by atoms with Crippen LogP contribution in [0.1, 0.15) is 16.1 Å². The molecule has 1 fully saturated rings. The Kier molecular flexibility index (Phi) is 5.16. The van der Waals surface area contributed by atoms with Gasteiger partial charge in [0.25, 0.3) is 0 Å². The van der Waals surface area contributed by atoms with Crippen molar-refractivity contribution in [2.45, 2.75) is 6.92 Å². The molecule has 0 saturated carbocycles. The number of aryl methyl sites for hydroxylation is 1. The van der Waals surface area contributed by atoms with Gasteiger partial charge in [-0.15, -0.1) is 10.2 Å². The van der Waals surface area contributed by atoms with E-state index in [0.29, 0.717) is 0 Å². The first-order valence-corrected chi connectivity index (χ1v) is 9.47. The number of rotatable bonds is 4. The number of aromatic nitrogens is 3. The molecule has 0 atom stereocenters. The van der Waals surface area contributed by atoms with Crippen molar-refractivity contribution >= 4 is 28.5 Å². The molecule has 8 heteroatoms. The van der Waals surface area contributed by atoms with Gasteiger partial charge < -0.3 is 19.3 Å². The molecule has 29 heavy (non-hydrogen) atoms. The maximum Gasteiger partial charge on any atom is 0.358 e. The number of para-hydroxylation sites is 1. The molecule has 150 valence electrons. The average Bonchev–Trinajstić information content (AvgIpc) is 2.78. The number of benzene rings is 1. The molecular weight excluding hydrogens is 370 g/mol. The number of carbonyl (C=O) groups excluding carboxylic acids is 1. The summed E-state index contributed by atoms with van der Waals surface area (Å²) in [6.07, 6.45) is 0. The fraction of sp³-hybridized carbons (Fsp3) is 0.333. The highest BCUT2D eigenvalue weighted by atomic mass is 16.5. The fourth-order valence-corrected chi connectivity index (χ4v) is 3.57. The summed E-state index contributed by atoms with van der Waals surface area (Å²) in [6, 6.07) is 11.6. The summed E-state index contributed by atoms with van der Waals surface area (Å²) in [7, 11) is 3.00. The van der Waals surface area contributed by atoms with Crippen molar-refractivity contribution in [2.75, 3.05) is 50.2 Å². The summed E-state index contributed by atoms with van der Waals surface area (Å²) in [6.45, 7) is 5.30. The molecule has 0 N–H and O–H groups in total. The number of nitrogens with zero attached hydrogens (tertiary/aromatic N) is 5. The second kappa shape index (κ2) is 7.90. The van der Waals surface area contributed by atoms with Gasteiger partial charge in [-0.05, 0) is 36.8 Å². The van der Waals surface area contributed by atoms with E-state index in [4.69, 9.17) is 9.72 Å². The van der Waals surface area contributed by atoms with Gasteiger partial charge in [0, 0.05) is 31.6 Å². The van der Waals surface area contributed by atoms with Crippen molar-refractivity contribution in [3.63, 3.8) is 0 Å². The summed E-state index contributed by atoms with van der Waals surface area (Å²) >= 11 is 0. The minimum absolute atomic E-state index is 0.208. The zero-order valence-corrected chi connectivity index (χ0v) is 16.8. The molecule has 1 aromatic carbocycles. The van der Waals surface area contributed by atoms with E-state index in [1.807, 2.05) is 12.1 Å². The third-order valence-electron chi connectivity index (χ3n) is 5.19. The van der Waals surface area contributed by atoms with Crippen LogP contribution in [0.5, 0.6) is 5.75 Å². The second-order valence-electron chi connectivity index (χ2n) is 6.90. The number of pyridine rings is 1. The van der Waals surface area contributed by atoms with Gasteiger partial charge in [-0.1, -0.05) is 12.1 Å². The van der Waals surface area contributed by atoms with Gasteiger partial charge in [0.15, 0.2) is 11.5 Å². The number of hydrogen-bond donors (Lipinski definition) is 0. The maximum atomic E-state index is 11.5. The lowest BCUT2D eigenvalue weighted by molar-refractivity contribution is 0.0592. The van der Waals surface area contributed by atoms with Crippen LogP contribution in [0.15, 0.2) is 36.4 Å². The molecule has 4 rings (SSSR count). The van der Waals surface area contributed by atoms with Crippen LogP contribution in [-0.4, -0.2) is 61.5 Å². The maximum absolute atomic E-state index is 11.5. The molecule has 1 aliphatic rings. The van der Waals surface area contributed by atoms with E-state index in [2.05, 4.69) is 43.8 Å². The van der Waals surface area contributed by atoms with E-state index in [-0.39, 0.29) is 5.69 Å². The van der Waals surface area contributed by atoms with E-state index in [0.717, 1.165) is 54.5 Å². The highest BCUT2D eigenvalue weighted by Gasteiger charge is 2.21. The summed E-state index contributed by atoms with van der Waals surface area (Å²) < 4.78 is 10.2. The first-order valence-electron chi connectivity index (χ1n) is 9.47. The van der Waals surface area contributed by atoms with Gasteiger partial charge in [0.2, 0.25) is 0 Å². The van der Waals surface area contributed by atoms with E-state index in [9.17, 15) is 4.79 Å². The first kappa shape index (κ1) is 18.9. The molecule has 3 heterocycles. The minimum Gasteiger partial charge on any atom is -0.494 e. The molecule has 1 aliphatic heterocycles. The number of esters is 1. The molecule has 2 aromatic heterocycles. The predicted octanol–water partition coefficient (Wildman–Crippen LogP) is 2.46. The summed E-state index contributed by atoms with van der Waals surface area (Å²) in [4.78, 5) is 20.8. The van der Waals surface area contributed by atoms with Crippen LogP contribution in [0.25, 0.3) is 10.9 Å². The normalized spacial score (nSPS) is 14.2. The van der Waals surface area contributed by atoms with Crippen molar-refractivity contribution in [1.29, 1.82) is 0 Å². The highest BCUT2D eigenvalue weighted by molar-refractivity contribution is 5.89. The van der Waals surface area contributed by atoms with Crippen molar-refractivity contribution < 1.29 is 14.3 Å². The molecule has 0 amide bonds. The molecule has 0 radical (unpaired) electrons. The van der Waals surface area contributed by atoms with Crippen molar-refractivity contribution in [3.05, 3.63) is 47.7 Å². The molecular formula is C21H23N5O3. The Morgan fingerprint density at radius 2 is 1.69 bits per heavy atom. The average molecular weight is 393 g/mol. The number of anilines is 2. The van der Waals surface area contributed by atoms with Crippen LogP contribution in [0.2, 0.25) is 0 Å². The number of carbonyl (C=O) groups is 1. The summed E-state index contributed by atoms with van der Waals surface area (Å²) in [5.74, 6) is 2.00. The Morgan fingerprint density at radius 1 is 0.966 bits per heavy atom. The minimum atomic E-state index is -0.484. The summed E-state index contributed by atoms with van der Waals surface area (Å²) in [5.41, 5.74) is 2.27. The van der Waals surface area contributed by atoms with Gasteiger partial charge >= 0.3 is 5.97 Å². The molecule has 0 aliphatic carbocycles. The van der Waals surface area contributed by atoms with Gasteiger partial charge in [0.1, 0.15) is 17.1 Å². The van der Waals surface area contributed by atoms with E-state index in [1.54, 1.807) is 19.2 Å². The molecule has 8 nitrogen and oxygen atoms in total. The van der Waals surface area contributed by atoms with Crippen LogP contribution in [-0.2, 0) is 4.74 Å². The summed E-state index contributed by atoms with van der Waals surface area (Å²) in [5, 5.41) is 9.24. The van der Waals surface area contributed by atoms with Crippen LogP contribution >= 0.6 is 0 Å². The van der Waals surface area contributed by atoms with Gasteiger partial charge in [-0.25, -0.2) is 9.78 Å². The topological polar surface area (TPSA) is 80.7 Å². The van der Waals surface area contributed by atoms with Crippen molar-refractivity contribution in [3.8, 4) is 5.75 Å². The Bertz CT molecular complexity index is 1030. The Morgan fingerprint density at radius 3 is 2.31 bits per heavy atom. The van der Waals surface area contributed by atoms with E-state index < -0.39 is 5.97 Å². The number of hydrogen-bond acceptors (Lipinski definition) is 8.